The lowest BCUT2D eigenvalue weighted by Crippen LogP contribution is -2.47. The minimum atomic E-state index is 0.795. The van der Waals surface area contributed by atoms with Crippen molar-refractivity contribution < 1.29 is 0 Å². The lowest BCUT2D eigenvalue weighted by atomic mass is 9.79. The first kappa shape index (κ1) is 14.3. The number of hydrogen-bond acceptors (Lipinski definition) is 2. The molecule has 0 aromatic heterocycles. The van der Waals surface area contributed by atoms with Crippen LogP contribution in [0.2, 0.25) is 0 Å². The molecule has 0 amide bonds. The Kier molecular flexibility index (Phi) is 5.50. The van der Waals surface area contributed by atoms with Gasteiger partial charge in [-0.05, 0) is 57.2 Å². The highest BCUT2D eigenvalue weighted by molar-refractivity contribution is 4.84. The van der Waals surface area contributed by atoms with Crippen LogP contribution < -0.4 is 5.32 Å². The minimum absolute atomic E-state index is 0.795. The SMILES string of the molecule is CCN1CCC(NC2CCCC(C(C)C)C2)CC1. The van der Waals surface area contributed by atoms with Gasteiger partial charge in [0, 0.05) is 12.1 Å². The van der Waals surface area contributed by atoms with Gasteiger partial charge in [0.2, 0.25) is 0 Å². The fraction of sp³-hybridized carbons (Fsp3) is 1.00. The predicted molar refractivity (Wildman–Crippen MR) is 78.9 cm³/mol. The monoisotopic (exact) mass is 252 g/mol. The third-order valence-electron chi connectivity index (χ3n) is 5.16. The number of nitrogens with one attached hydrogen (secondary N) is 1. The van der Waals surface area contributed by atoms with Crippen LogP contribution >= 0.6 is 0 Å². The number of rotatable bonds is 4. The molecule has 1 aliphatic carbocycles. The maximum Gasteiger partial charge on any atom is 0.00940 e. The first-order valence-electron chi connectivity index (χ1n) is 8.17. The van der Waals surface area contributed by atoms with E-state index in [4.69, 9.17) is 0 Å². The van der Waals surface area contributed by atoms with Crippen molar-refractivity contribution in [3.63, 3.8) is 0 Å². The lowest BCUT2D eigenvalue weighted by molar-refractivity contribution is 0.171. The third kappa shape index (κ3) is 3.96. The number of hydrogen-bond donors (Lipinski definition) is 1. The first-order chi connectivity index (χ1) is 8.69. The largest absolute Gasteiger partial charge is 0.311 e. The van der Waals surface area contributed by atoms with Crippen molar-refractivity contribution in [3.8, 4) is 0 Å². The van der Waals surface area contributed by atoms with E-state index in [-0.39, 0.29) is 0 Å². The zero-order chi connectivity index (χ0) is 13.0. The molecule has 2 unspecified atom stereocenters. The molecule has 2 fully saturated rings. The standard InChI is InChI=1S/C16H32N2/c1-4-18-10-8-15(9-11-18)17-16-7-5-6-14(12-16)13(2)3/h13-17H,4-12H2,1-3H3. The molecule has 2 heteroatoms. The van der Waals surface area contributed by atoms with Crippen molar-refractivity contribution >= 4 is 0 Å². The van der Waals surface area contributed by atoms with Crippen LogP contribution in [-0.4, -0.2) is 36.6 Å². The van der Waals surface area contributed by atoms with Crippen molar-refractivity contribution in [3.05, 3.63) is 0 Å². The average molecular weight is 252 g/mol. The molecule has 1 aliphatic heterocycles. The fourth-order valence-corrected chi connectivity index (χ4v) is 3.73. The summed E-state index contributed by atoms with van der Waals surface area (Å²) in [4.78, 5) is 2.58. The molecule has 1 saturated heterocycles. The summed E-state index contributed by atoms with van der Waals surface area (Å²) < 4.78 is 0. The summed E-state index contributed by atoms with van der Waals surface area (Å²) in [5, 5.41) is 3.96. The van der Waals surface area contributed by atoms with E-state index in [1.54, 1.807) is 0 Å². The van der Waals surface area contributed by atoms with Crippen LogP contribution in [-0.2, 0) is 0 Å². The van der Waals surface area contributed by atoms with E-state index in [9.17, 15) is 0 Å². The molecule has 0 radical (unpaired) electrons. The molecule has 2 nitrogen and oxygen atoms in total. The van der Waals surface area contributed by atoms with Gasteiger partial charge in [-0.3, -0.25) is 0 Å². The summed E-state index contributed by atoms with van der Waals surface area (Å²) in [6.07, 6.45) is 8.45. The molecule has 1 heterocycles. The molecule has 2 atom stereocenters. The van der Waals surface area contributed by atoms with E-state index < -0.39 is 0 Å². The molecule has 1 N–H and O–H groups in total. The van der Waals surface area contributed by atoms with E-state index in [0.717, 1.165) is 23.9 Å². The second-order valence-electron chi connectivity index (χ2n) is 6.74. The molecule has 0 spiro atoms. The zero-order valence-corrected chi connectivity index (χ0v) is 12.6. The Balaban J connectivity index is 1.73. The van der Waals surface area contributed by atoms with Gasteiger partial charge in [0.25, 0.3) is 0 Å². The summed E-state index contributed by atoms with van der Waals surface area (Å²) in [6, 6.07) is 1.60. The second kappa shape index (κ2) is 6.91. The molecule has 1 saturated carbocycles. The smallest absolute Gasteiger partial charge is 0.00940 e. The molecule has 0 aromatic carbocycles. The fourth-order valence-electron chi connectivity index (χ4n) is 3.73. The Bertz CT molecular complexity index is 231. The highest BCUT2D eigenvalue weighted by atomic mass is 15.1. The minimum Gasteiger partial charge on any atom is -0.311 e. The molecule has 106 valence electrons. The van der Waals surface area contributed by atoms with Gasteiger partial charge in [0.15, 0.2) is 0 Å². The van der Waals surface area contributed by atoms with Gasteiger partial charge in [0.05, 0.1) is 0 Å². The second-order valence-corrected chi connectivity index (χ2v) is 6.74. The van der Waals surface area contributed by atoms with Crippen molar-refractivity contribution in [2.75, 3.05) is 19.6 Å². The average Bonchev–Trinajstić information content (AvgIpc) is 2.40. The summed E-state index contributed by atoms with van der Waals surface area (Å²) >= 11 is 0. The van der Waals surface area contributed by atoms with Crippen LogP contribution in [0.5, 0.6) is 0 Å². The first-order valence-corrected chi connectivity index (χ1v) is 8.17. The van der Waals surface area contributed by atoms with E-state index in [2.05, 4.69) is 31.0 Å². The van der Waals surface area contributed by atoms with Crippen molar-refractivity contribution in [2.45, 2.75) is 71.4 Å². The van der Waals surface area contributed by atoms with E-state index in [1.165, 1.54) is 58.2 Å². The summed E-state index contributed by atoms with van der Waals surface area (Å²) in [5.41, 5.74) is 0. The summed E-state index contributed by atoms with van der Waals surface area (Å²) in [7, 11) is 0. The summed E-state index contributed by atoms with van der Waals surface area (Å²) in [5.74, 6) is 1.84. The van der Waals surface area contributed by atoms with Crippen molar-refractivity contribution in [1.29, 1.82) is 0 Å². The van der Waals surface area contributed by atoms with Gasteiger partial charge >= 0.3 is 0 Å². The van der Waals surface area contributed by atoms with Gasteiger partial charge in [-0.1, -0.05) is 33.6 Å². The molecule has 0 aromatic rings. The Morgan fingerprint density at radius 3 is 2.39 bits per heavy atom. The molecular weight excluding hydrogens is 220 g/mol. The van der Waals surface area contributed by atoms with Gasteiger partial charge in [-0.2, -0.15) is 0 Å². The van der Waals surface area contributed by atoms with E-state index >= 15 is 0 Å². The molecule has 2 aliphatic rings. The maximum absolute atomic E-state index is 3.96. The van der Waals surface area contributed by atoms with Crippen LogP contribution in [0.3, 0.4) is 0 Å². The van der Waals surface area contributed by atoms with Crippen LogP contribution in [0.1, 0.15) is 59.3 Å². The van der Waals surface area contributed by atoms with Crippen LogP contribution in [0.25, 0.3) is 0 Å². The third-order valence-corrected chi connectivity index (χ3v) is 5.16. The molecular formula is C16H32N2. The zero-order valence-electron chi connectivity index (χ0n) is 12.6. The van der Waals surface area contributed by atoms with Gasteiger partial charge in [0.1, 0.15) is 0 Å². The predicted octanol–water partition coefficient (Wildman–Crippen LogP) is 3.28. The van der Waals surface area contributed by atoms with Crippen molar-refractivity contribution in [1.82, 2.24) is 10.2 Å². The number of piperidine rings is 1. The maximum atomic E-state index is 3.96. The van der Waals surface area contributed by atoms with E-state index in [1.807, 2.05) is 0 Å². The topological polar surface area (TPSA) is 15.3 Å². The normalized spacial score (nSPS) is 32.0. The van der Waals surface area contributed by atoms with Gasteiger partial charge in [-0.25, -0.2) is 0 Å². The number of nitrogens with zero attached hydrogens (tertiary/aromatic N) is 1. The van der Waals surface area contributed by atoms with Crippen LogP contribution in [0.15, 0.2) is 0 Å². The van der Waals surface area contributed by atoms with Crippen LogP contribution in [0, 0.1) is 11.8 Å². The van der Waals surface area contributed by atoms with Crippen molar-refractivity contribution in [2.24, 2.45) is 11.8 Å². The Labute approximate surface area is 114 Å². The van der Waals surface area contributed by atoms with Gasteiger partial charge < -0.3 is 10.2 Å². The lowest BCUT2D eigenvalue weighted by Gasteiger charge is -2.37. The quantitative estimate of drug-likeness (QED) is 0.826. The molecule has 0 bridgehead atoms. The Morgan fingerprint density at radius 1 is 1.06 bits per heavy atom. The van der Waals surface area contributed by atoms with Crippen LogP contribution in [0.4, 0.5) is 0 Å². The van der Waals surface area contributed by atoms with Gasteiger partial charge in [-0.15, -0.1) is 0 Å². The molecule has 2 rings (SSSR count). The Hall–Kier alpha value is -0.0800. The summed E-state index contributed by atoms with van der Waals surface area (Å²) in [6.45, 7) is 10.9. The number of likely N-dealkylation sites (tertiary alicyclic amines) is 1. The highest BCUT2D eigenvalue weighted by Crippen LogP contribution is 2.30. The van der Waals surface area contributed by atoms with E-state index in [0.29, 0.717) is 0 Å². The highest BCUT2D eigenvalue weighted by Gasteiger charge is 2.27. The Morgan fingerprint density at radius 2 is 1.78 bits per heavy atom. The molecule has 18 heavy (non-hydrogen) atoms.